The highest BCUT2D eigenvalue weighted by atomic mass is 32.1. The molecule has 0 bridgehead atoms. The molecule has 5 heterocycles. The van der Waals surface area contributed by atoms with E-state index in [1.807, 2.05) is 36.7 Å². The predicted molar refractivity (Wildman–Crippen MR) is 147 cm³/mol. The van der Waals surface area contributed by atoms with Gasteiger partial charge in [-0.1, -0.05) is 30.3 Å². The molecular formula is C29H32N6O2S. The second-order valence-electron chi connectivity index (χ2n) is 10.3. The third-order valence-electron chi connectivity index (χ3n) is 7.88. The van der Waals surface area contributed by atoms with Crippen LogP contribution in [0.4, 0.5) is 0 Å². The Hall–Kier alpha value is -3.11. The van der Waals surface area contributed by atoms with Crippen LogP contribution in [0.1, 0.15) is 52.3 Å². The Bertz CT molecular complexity index is 1260. The average Bonchev–Trinajstić information content (AvgIpc) is 3.26. The largest absolute Gasteiger partial charge is 0.297 e. The number of aromatic nitrogens is 2. The first-order valence-corrected chi connectivity index (χ1v) is 13.8. The van der Waals surface area contributed by atoms with Gasteiger partial charge in [0.2, 0.25) is 11.8 Å². The Morgan fingerprint density at radius 2 is 1.66 bits per heavy atom. The molecule has 38 heavy (non-hydrogen) atoms. The van der Waals surface area contributed by atoms with E-state index in [2.05, 4.69) is 60.3 Å². The van der Waals surface area contributed by atoms with Crippen LogP contribution >= 0.6 is 12.6 Å². The molecule has 1 aromatic carbocycles. The number of pyridine rings is 2. The van der Waals surface area contributed by atoms with Gasteiger partial charge in [0.1, 0.15) is 0 Å². The lowest BCUT2D eigenvalue weighted by atomic mass is 10.0. The third-order valence-corrected chi connectivity index (χ3v) is 8.45. The van der Waals surface area contributed by atoms with E-state index < -0.39 is 0 Å². The van der Waals surface area contributed by atoms with Crippen LogP contribution in [0.15, 0.2) is 67.0 Å². The summed E-state index contributed by atoms with van der Waals surface area (Å²) in [6.45, 7) is 5.35. The summed E-state index contributed by atoms with van der Waals surface area (Å²) in [5.74, 6) is -0.395. The Morgan fingerprint density at radius 3 is 2.29 bits per heavy atom. The van der Waals surface area contributed by atoms with Gasteiger partial charge in [-0.25, -0.2) is 0 Å². The van der Waals surface area contributed by atoms with Gasteiger partial charge in [0.05, 0.1) is 28.8 Å². The number of nitrogens with one attached hydrogen (secondary N) is 1. The number of fused-ring (bicyclic) bond motifs is 1. The van der Waals surface area contributed by atoms with Crippen LogP contribution in [0.5, 0.6) is 0 Å². The SMILES string of the molecule is O=C1CCC(N2Cc3cc(CN4CCN(C(c5ccccn5)c5ccccn5)CC4)ccc3C2S)C(=O)N1. The molecule has 2 saturated heterocycles. The van der Waals surface area contributed by atoms with E-state index in [0.29, 0.717) is 19.4 Å². The van der Waals surface area contributed by atoms with Crippen molar-refractivity contribution in [3.63, 3.8) is 0 Å². The number of rotatable bonds is 6. The molecule has 1 N–H and O–H groups in total. The molecule has 2 unspecified atom stereocenters. The Kier molecular flexibility index (Phi) is 7.25. The van der Waals surface area contributed by atoms with Crippen molar-refractivity contribution >= 4 is 24.4 Å². The van der Waals surface area contributed by atoms with Gasteiger partial charge in [0, 0.05) is 58.1 Å². The topological polar surface area (TPSA) is 81.7 Å². The normalized spacial score (nSPS) is 23.0. The highest BCUT2D eigenvalue weighted by Gasteiger charge is 2.39. The van der Waals surface area contributed by atoms with Gasteiger partial charge in [-0.15, -0.1) is 0 Å². The highest BCUT2D eigenvalue weighted by Crippen LogP contribution is 2.39. The maximum absolute atomic E-state index is 12.4. The molecule has 9 heteroatoms. The Balaban J connectivity index is 1.10. The number of amides is 2. The van der Waals surface area contributed by atoms with Crippen LogP contribution in [0, 0.1) is 0 Å². The molecule has 2 aromatic heterocycles. The number of benzene rings is 1. The van der Waals surface area contributed by atoms with Crippen molar-refractivity contribution in [1.29, 1.82) is 0 Å². The summed E-state index contributed by atoms with van der Waals surface area (Å²) < 4.78 is 0. The lowest BCUT2D eigenvalue weighted by molar-refractivity contribution is -0.137. The summed E-state index contributed by atoms with van der Waals surface area (Å²) in [6.07, 6.45) is 4.63. The lowest BCUT2D eigenvalue weighted by Crippen LogP contribution is -2.51. The summed E-state index contributed by atoms with van der Waals surface area (Å²) >= 11 is 4.83. The molecule has 0 radical (unpaired) electrons. The zero-order chi connectivity index (χ0) is 26.1. The van der Waals surface area contributed by atoms with E-state index in [1.165, 1.54) is 11.1 Å². The number of nitrogens with zero attached hydrogens (tertiary/aromatic N) is 5. The van der Waals surface area contributed by atoms with E-state index in [-0.39, 0.29) is 29.3 Å². The van der Waals surface area contributed by atoms with Crippen LogP contribution in [0.2, 0.25) is 0 Å². The molecule has 3 aliphatic rings. The molecule has 0 saturated carbocycles. The molecular weight excluding hydrogens is 496 g/mol. The maximum atomic E-state index is 12.4. The molecule has 6 rings (SSSR count). The number of carbonyl (C=O) groups excluding carboxylic acids is 2. The van der Waals surface area contributed by atoms with E-state index in [0.717, 1.165) is 49.7 Å². The van der Waals surface area contributed by atoms with Gasteiger partial charge in [0.25, 0.3) is 0 Å². The maximum Gasteiger partial charge on any atom is 0.243 e. The summed E-state index contributed by atoms with van der Waals surface area (Å²) in [4.78, 5) is 40.4. The van der Waals surface area contributed by atoms with Crippen LogP contribution in [-0.2, 0) is 22.7 Å². The summed E-state index contributed by atoms with van der Waals surface area (Å²) in [5.41, 5.74) is 5.70. The molecule has 8 nitrogen and oxygen atoms in total. The van der Waals surface area contributed by atoms with E-state index in [1.54, 1.807) is 0 Å². The fourth-order valence-electron chi connectivity index (χ4n) is 5.93. The molecule has 3 aromatic rings. The minimum absolute atomic E-state index is 0.0464. The van der Waals surface area contributed by atoms with Crippen molar-refractivity contribution in [2.24, 2.45) is 0 Å². The molecule has 2 atom stereocenters. The molecule has 2 fully saturated rings. The smallest absolute Gasteiger partial charge is 0.243 e. The summed E-state index contributed by atoms with van der Waals surface area (Å²) in [5, 5.41) is 2.34. The van der Waals surface area contributed by atoms with E-state index in [4.69, 9.17) is 12.6 Å². The highest BCUT2D eigenvalue weighted by molar-refractivity contribution is 7.80. The van der Waals surface area contributed by atoms with Crippen LogP contribution in [0.25, 0.3) is 0 Å². The van der Waals surface area contributed by atoms with Crippen LogP contribution in [-0.4, -0.2) is 68.7 Å². The lowest BCUT2D eigenvalue weighted by Gasteiger charge is -2.39. The van der Waals surface area contributed by atoms with Crippen molar-refractivity contribution in [2.45, 2.75) is 43.4 Å². The number of hydrogen-bond donors (Lipinski definition) is 2. The van der Waals surface area contributed by atoms with Crippen molar-refractivity contribution < 1.29 is 9.59 Å². The Morgan fingerprint density at radius 1 is 0.947 bits per heavy atom. The number of carbonyl (C=O) groups is 2. The second-order valence-corrected chi connectivity index (χ2v) is 10.8. The number of piperidine rings is 1. The fraction of sp³-hybridized carbons (Fsp3) is 0.379. The third kappa shape index (κ3) is 5.11. The van der Waals surface area contributed by atoms with E-state index in [9.17, 15) is 9.59 Å². The van der Waals surface area contributed by atoms with Crippen molar-refractivity contribution in [3.8, 4) is 0 Å². The van der Waals surface area contributed by atoms with Crippen molar-refractivity contribution in [3.05, 3.63) is 95.1 Å². The second kappa shape index (κ2) is 10.9. The first kappa shape index (κ1) is 25.2. The molecule has 3 aliphatic heterocycles. The zero-order valence-corrected chi connectivity index (χ0v) is 22.1. The van der Waals surface area contributed by atoms with Gasteiger partial charge >= 0.3 is 0 Å². The standard InChI is InChI=1S/C29H32N6O2S/c36-26-10-9-25(28(37)32-26)35-19-21-17-20(7-8-22(21)29(35)38)18-33-13-15-34(16-14-33)27(23-5-1-3-11-30-23)24-6-2-4-12-31-24/h1-8,11-12,17,25,27,29,38H,9-10,13-16,18-19H2,(H,32,36,37). The zero-order valence-electron chi connectivity index (χ0n) is 21.2. The molecule has 0 spiro atoms. The fourth-order valence-corrected chi connectivity index (χ4v) is 6.42. The quantitative estimate of drug-likeness (QED) is 0.376. The number of imide groups is 1. The average molecular weight is 529 g/mol. The minimum atomic E-state index is -0.315. The van der Waals surface area contributed by atoms with Gasteiger partial charge in [-0.3, -0.25) is 39.6 Å². The van der Waals surface area contributed by atoms with Crippen LogP contribution in [0.3, 0.4) is 0 Å². The van der Waals surface area contributed by atoms with Crippen molar-refractivity contribution in [2.75, 3.05) is 26.2 Å². The Labute approximate surface area is 228 Å². The predicted octanol–water partition coefficient (Wildman–Crippen LogP) is 2.93. The van der Waals surface area contributed by atoms with Gasteiger partial charge in [-0.2, -0.15) is 12.6 Å². The van der Waals surface area contributed by atoms with Gasteiger partial charge < -0.3 is 0 Å². The minimum Gasteiger partial charge on any atom is -0.297 e. The summed E-state index contributed by atoms with van der Waals surface area (Å²) in [6, 6.07) is 18.5. The monoisotopic (exact) mass is 528 g/mol. The van der Waals surface area contributed by atoms with Crippen LogP contribution < -0.4 is 5.32 Å². The molecule has 196 valence electrons. The summed E-state index contributed by atoms with van der Waals surface area (Å²) in [7, 11) is 0. The number of piperazine rings is 1. The molecule has 2 amide bonds. The van der Waals surface area contributed by atoms with Gasteiger partial charge in [0.15, 0.2) is 0 Å². The molecule has 0 aliphatic carbocycles. The van der Waals surface area contributed by atoms with Crippen molar-refractivity contribution in [1.82, 2.24) is 30.0 Å². The first-order valence-electron chi connectivity index (χ1n) is 13.2. The number of hydrogen-bond acceptors (Lipinski definition) is 8. The number of thiol groups is 1. The van der Waals surface area contributed by atoms with E-state index >= 15 is 0 Å². The van der Waals surface area contributed by atoms with Gasteiger partial charge in [-0.05, 0) is 47.4 Å². The first-order chi connectivity index (χ1) is 18.6.